The van der Waals surface area contributed by atoms with Crippen LogP contribution < -0.4 is 0 Å². The van der Waals surface area contributed by atoms with Crippen LogP contribution in [0.2, 0.25) is 0 Å². The lowest BCUT2D eigenvalue weighted by atomic mass is 9.91. The average Bonchev–Trinajstić information content (AvgIpc) is 1.87. The van der Waals surface area contributed by atoms with Crippen molar-refractivity contribution in [2.45, 2.75) is 244 Å². The van der Waals surface area contributed by atoms with Gasteiger partial charge in [0, 0.05) is 235 Å². The van der Waals surface area contributed by atoms with Crippen molar-refractivity contribution < 1.29 is 13.9 Å². The van der Waals surface area contributed by atoms with Crippen molar-refractivity contribution in [2.24, 2.45) is 59.2 Å². The zero-order chi connectivity index (χ0) is 81.2. The lowest BCUT2D eigenvalue weighted by Crippen LogP contribution is -2.50. The van der Waals surface area contributed by atoms with Crippen LogP contribution in [0, 0.1) is 59.2 Å². The number of hydrogen-bond donors (Lipinski definition) is 0. The SMILES string of the molecule is C.C.C.CC(C)CC1CCCN(C)CC1.CC(C)CN1CCC(C)(F)CC1.CC(C)CN1CCC(N(C)C)C1.CC(C)CN1CCN(C)C(C)C1.CC(C)CN1CCN(C)CC1.CC(C)CN1CCOCC1.CCCN1CCN(CC(C)C)CC1.CCN1CCN(CC(C)C)CC1.COCCN1CCN(CC(C)C)CC1. The standard InChI is InChI=1S/C11H24N2O.C11H24N2.C11H23N.C10H20FN.3C10H22N2.C9H20N2.C8H17NO.3CH4/c1-11(2)10-13-6-4-12(5-7-13)8-9-14-3;1-4-5-12-6-8-13(9-7-12)10-11(2)3;1-10(2)9-11-5-4-7-12(3)8-6-11;1-9(2)8-12-6-4-10(3,11)5-7-12;1-9(2)7-12-6-5-10(8-12)11(3)4;1-9(2)7-12-6-5-11(4)10(3)8-12;1-4-11-5-7-12(8-6-11)9-10(2)3;1-9(2)8-11-6-4-10(3)5-7-11;1-8(2)7-9-3-5-10-6-4-9;;;/h11H,4-10H2,1-3H3;11H,4-10H2,1-3H3;10-11H,4-9H2,1-3H3;9H,4-8H2,1-3H3;2*9-10H,5-8H2,1-4H3;10H,4-9H2,1-3H3;9H,4-8H2,1-3H3;8H,3-7H2,1-2H3;3*1H4. The number of likely N-dealkylation sites (N-methyl/N-ethyl adjacent to an activating group) is 4. The number of ether oxygens (including phenoxy) is 2. The van der Waals surface area contributed by atoms with Crippen molar-refractivity contribution >= 4 is 0 Å². The fourth-order valence-electron chi connectivity index (χ4n) is 16.3. The van der Waals surface area contributed by atoms with E-state index in [0.29, 0.717) is 18.8 Å². The number of piperidine rings is 1. The van der Waals surface area contributed by atoms with Gasteiger partial charge in [0.05, 0.1) is 19.8 Å². The maximum Gasteiger partial charge on any atom is 0.110 e. The molecule has 0 saturated carbocycles. The van der Waals surface area contributed by atoms with Gasteiger partial charge in [0.25, 0.3) is 0 Å². The van der Waals surface area contributed by atoms with E-state index in [0.717, 1.165) is 124 Å². The van der Waals surface area contributed by atoms with Crippen molar-refractivity contribution in [2.75, 3.05) is 311 Å². The first-order valence-electron chi connectivity index (χ1n) is 45.4. The van der Waals surface area contributed by atoms with Gasteiger partial charge in [0.1, 0.15) is 5.67 Å². The van der Waals surface area contributed by atoms with Gasteiger partial charge in [0.2, 0.25) is 0 Å². The molecule has 17 nitrogen and oxygen atoms in total. The van der Waals surface area contributed by atoms with Crippen LogP contribution in [-0.4, -0.2) is 402 Å². The quantitative estimate of drug-likeness (QED) is 0.0870. The highest BCUT2D eigenvalue weighted by atomic mass is 19.1. The fourth-order valence-corrected chi connectivity index (χ4v) is 16.3. The Morgan fingerprint density at radius 1 is 0.387 bits per heavy atom. The van der Waals surface area contributed by atoms with Crippen molar-refractivity contribution in [3.63, 3.8) is 0 Å². The van der Waals surface area contributed by atoms with Crippen molar-refractivity contribution in [3.8, 4) is 0 Å². The van der Waals surface area contributed by atoms with E-state index in [-0.39, 0.29) is 22.3 Å². The topological polar surface area (TPSA) is 67.1 Å². The number of hydrogen-bond acceptors (Lipinski definition) is 17. The first-order chi connectivity index (χ1) is 51.0. The van der Waals surface area contributed by atoms with Crippen LogP contribution in [0.15, 0.2) is 0 Å². The maximum atomic E-state index is 13.4. The second-order valence-corrected chi connectivity index (χ2v) is 38.9. The van der Waals surface area contributed by atoms with Crippen LogP contribution in [0.1, 0.15) is 226 Å². The largest absolute Gasteiger partial charge is 0.383 e. The Labute approximate surface area is 697 Å². The van der Waals surface area contributed by atoms with Gasteiger partial charge in [-0.3, -0.25) is 9.80 Å². The fraction of sp³-hybridized carbons (Fsp3) is 1.00. The Hall–Kier alpha value is -0.750. The van der Waals surface area contributed by atoms with Crippen molar-refractivity contribution in [1.29, 1.82) is 0 Å². The van der Waals surface area contributed by atoms with Gasteiger partial charge in [-0.05, 0) is 192 Å². The van der Waals surface area contributed by atoms with Crippen LogP contribution in [0.3, 0.4) is 0 Å². The Kier molecular flexibility index (Phi) is 70.0. The number of halogens is 1. The summed E-state index contributed by atoms with van der Waals surface area (Å²) in [6, 6.07) is 1.53. The Morgan fingerprint density at radius 2 is 0.730 bits per heavy atom. The first-order valence-corrected chi connectivity index (χ1v) is 45.4. The van der Waals surface area contributed by atoms with Crippen LogP contribution in [-0.2, 0) is 9.47 Å². The molecule has 0 radical (unpaired) electrons. The van der Waals surface area contributed by atoms with E-state index in [1.54, 1.807) is 14.0 Å². The Balaban J connectivity index is -0.00000118. The van der Waals surface area contributed by atoms with Gasteiger partial charge < -0.3 is 73.2 Å². The van der Waals surface area contributed by atoms with E-state index >= 15 is 0 Å². The van der Waals surface area contributed by atoms with Crippen LogP contribution >= 0.6 is 0 Å². The minimum Gasteiger partial charge on any atom is -0.383 e. The summed E-state index contributed by atoms with van der Waals surface area (Å²) >= 11 is 0. The highest BCUT2D eigenvalue weighted by Crippen LogP contribution is 2.26. The number of likely N-dealkylation sites (tertiary alicyclic amines) is 3. The molecule has 9 saturated heterocycles. The Morgan fingerprint density at radius 3 is 1.09 bits per heavy atom. The number of rotatable bonds is 25. The zero-order valence-electron chi connectivity index (χ0n) is 78.0. The molecule has 9 aliphatic rings. The first kappa shape index (κ1) is 114. The molecule has 0 aromatic rings. The summed E-state index contributed by atoms with van der Waals surface area (Å²) in [6.07, 6.45) is 9.79. The Bertz CT molecular complexity index is 1950. The van der Waals surface area contributed by atoms with Crippen molar-refractivity contribution in [3.05, 3.63) is 0 Å². The molecule has 0 aliphatic carbocycles. The minimum atomic E-state index is -0.895. The summed E-state index contributed by atoms with van der Waals surface area (Å²) in [7, 11) is 12.8. The molecule has 0 aromatic heterocycles. The molecule has 0 N–H and O–H groups in total. The minimum absolute atomic E-state index is 0. The average molecular weight is 1590 g/mol. The zero-order valence-corrected chi connectivity index (χ0v) is 78.0. The van der Waals surface area contributed by atoms with E-state index in [1.807, 2.05) is 0 Å². The van der Waals surface area contributed by atoms with Crippen LogP contribution in [0.4, 0.5) is 4.39 Å². The van der Waals surface area contributed by atoms with Crippen LogP contribution in [0.25, 0.3) is 0 Å². The second-order valence-electron chi connectivity index (χ2n) is 38.9. The molecule has 0 spiro atoms. The smallest absolute Gasteiger partial charge is 0.110 e. The molecular weight excluding hydrogens is 1380 g/mol. The molecule has 3 unspecified atom stereocenters. The van der Waals surface area contributed by atoms with E-state index < -0.39 is 5.67 Å². The summed E-state index contributed by atoms with van der Waals surface area (Å²) < 4.78 is 23.7. The number of alkyl halides is 1. The number of nitrogens with zero attached hydrogens (tertiary/aromatic N) is 15. The van der Waals surface area contributed by atoms with Gasteiger partial charge in [-0.25, -0.2) is 4.39 Å². The molecule has 9 heterocycles. The summed E-state index contributed by atoms with van der Waals surface area (Å²) in [5.41, 5.74) is -0.895. The number of morpholine rings is 1. The van der Waals surface area contributed by atoms with E-state index in [9.17, 15) is 4.39 Å². The van der Waals surface area contributed by atoms with E-state index in [1.165, 1.54) is 248 Å². The van der Waals surface area contributed by atoms with Crippen LogP contribution in [0.5, 0.6) is 0 Å². The molecule has 9 rings (SSSR count). The van der Waals surface area contributed by atoms with Gasteiger partial charge in [-0.2, -0.15) is 0 Å². The van der Waals surface area contributed by atoms with Gasteiger partial charge in [-0.15, -0.1) is 0 Å². The molecule has 0 aromatic carbocycles. The van der Waals surface area contributed by atoms with Gasteiger partial charge in [0.15, 0.2) is 0 Å². The summed E-state index contributed by atoms with van der Waals surface area (Å²) in [5.74, 6) is 8.25. The highest BCUT2D eigenvalue weighted by Gasteiger charge is 2.30. The number of piperazine rings is 5. The molecule has 111 heavy (non-hydrogen) atoms. The van der Waals surface area contributed by atoms with Crippen molar-refractivity contribution in [1.82, 2.24) is 73.5 Å². The highest BCUT2D eigenvalue weighted by molar-refractivity contribution is 4.84. The maximum absolute atomic E-state index is 13.4. The molecule has 672 valence electrons. The number of methoxy groups -OCH3 is 1. The molecule has 0 amide bonds. The molecule has 0 bridgehead atoms. The molecule has 3 atom stereocenters. The molecular formula is C93H206FN15O2. The van der Waals surface area contributed by atoms with Gasteiger partial charge in [-0.1, -0.05) is 161 Å². The lowest BCUT2D eigenvalue weighted by Gasteiger charge is -2.38. The van der Waals surface area contributed by atoms with Gasteiger partial charge >= 0.3 is 0 Å². The monoisotopic (exact) mass is 1580 g/mol. The van der Waals surface area contributed by atoms with E-state index in [2.05, 4.69) is 254 Å². The predicted molar refractivity (Wildman–Crippen MR) is 493 cm³/mol. The predicted octanol–water partition coefficient (Wildman–Crippen LogP) is 15.4. The molecule has 18 heteroatoms. The lowest BCUT2D eigenvalue weighted by molar-refractivity contribution is 0.0329. The third kappa shape index (κ3) is 63.0. The van der Waals surface area contributed by atoms with E-state index in [4.69, 9.17) is 9.47 Å². The normalized spacial score (nSPS) is 23.2. The summed E-state index contributed by atoms with van der Waals surface area (Å²) in [4.78, 5) is 37.5. The molecule has 9 fully saturated rings. The third-order valence-corrected chi connectivity index (χ3v) is 22.5. The summed E-state index contributed by atoms with van der Waals surface area (Å²) in [5, 5.41) is 0. The molecule has 9 aliphatic heterocycles. The second kappa shape index (κ2) is 68.0. The third-order valence-electron chi connectivity index (χ3n) is 22.5. The summed E-state index contributed by atoms with van der Waals surface area (Å²) in [6.45, 7) is 99.0.